The van der Waals surface area contributed by atoms with Gasteiger partial charge in [0.05, 0.1) is 7.11 Å². The number of likely N-dealkylation sites (N-methyl/N-ethyl adjacent to an activating group) is 1. The fourth-order valence-corrected chi connectivity index (χ4v) is 5.64. The Morgan fingerprint density at radius 2 is 1.71 bits per heavy atom. The Morgan fingerprint density at radius 1 is 0.976 bits per heavy atom. The maximum absolute atomic E-state index is 13.8. The molecule has 1 fully saturated rings. The predicted molar refractivity (Wildman–Crippen MR) is 156 cm³/mol. The van der Waals surface area contributed by atoms with Crippen molar-refractivity contribution in [2.75, 3.05) is 53.6 Å². The number of piperazine rings is 1. The summed E-state index contributed by atoms with van der Waals surface area (Å²) in [5.74, 6) is -0.0577. The lowest BCUT2D eigenvalue weighted by atomic mass is 9.85. The molecule has 0 bridgehead atoms. The number of phenols is 2. The van der Waals surface area contributed by atoms with Gasteiger partial charge in [-0.15, -0.1) is 0 Å². The van der Waals surface area contributed by atoms with Crippen molar-refractivity contribution in [3.05, 3.63) is 75.9 Å². The first-order chi connectivity index (χ1) is 20.3. The smallest absolute Gasteiger partial charge is 0.223 e. The van der Waals surface area contributed by atoms with Gasteiger partial charge in [-0.05, 0) is 24.7 Å². The number of carbonyl (C=O) groups excluding carboxylic acids is 1. The highest BCUT2D eigenvalue weighted by molar-refractivity contribution is 5.91. The number of fused-ring (bicyclic) bond motifs is 2. The first-order valence-corrected chi connectivity index (χ1v) is 13.9. The Balaban J connectivity index is 1.56. The lowest BCUT2D eigenvalue weighted by Crippen LogP contribution is -2.47. The molecule has 4 aromatic rings. The minimum absolute atomic E-state index is 0.00360. The Labute approximate surface area is 242 Å². The van der Waals surface area contributed by atoms with Gasteiger partial charge in [-0.1, -0.05) is 30.3 Å². The molecule has 42 heavy (non-hydrogen) atoms. The molecule has 0 unspecified atom stereocenters. The molecule has 6 rings (SSSR count). The number of benzene rings is 3. The van der Waals surface area contributed by atoms with E-state index in [9.17, 15) is 19.8 Å². The minimum atomic E-state index is -0.792. The highest BCUT2D eigenvalue weighted by atomic mass is 16.6. The van der Waals surface area contributed by atoms with Gasteiger partial charge in [0.25, 0.3) is 0 Å². The van der Waals surface area contributed by atoms with E-state index in [1.807, 2.05) is 25.2 Å². The number of phenolic OH excluding ortho intramolecular Hbond substituents is 2. The second kappa shape index (κ2) is 11.3. The molecule has 0 aliphatic carbocycles. The number of nitrogens with zero attached hydrogens (tertiary/aromatic N) is 2. The Kier molecular flexibility index (Phi) is 7.38. The largest absolute Gasteiger partial charge is 0.507 e. The van der Waals surface area contributed by atoms with E-state index in [1.54, 1.807) is 29.2 Å². The van der Waals surface area contributed by atoms with E-state index in [2.05, 4.69) is 4.90 Å². The fourth-order valence-electron chi connectivity index (χ4n) is 5.64. The average Bonchev–Trinajstić information content (AvgIpc) is 3.00. The Bertz CT molecular complexity index is 1680. The molecule has 10 heteroatoms. The predicted octanol–water partition coefficient (Wildman–Crippen LogP) is 3.95. The van der Waals surface area contributed by atoms with Gasteiger partial charge < -0.3 is 38.6 Å². The first-order valence-electron chi connectivity index (χ1n) is 13.9. The van der Waals surface area contributed by atoms with Crippen molar-refractivity contribution in [1.29, 1.82) is 0 Å². The monoisotopic (exact) mass is 572 g/mol. The molecular formula is C32H32N2O8. The number of hydrogen-bond donors (Lipinski definition) is 2. The van der Waals surface area contributed by atoms with E-state index in [-0.39, 0.29) is 40.4 Å². The van der Waals surface area contributed by atoms with Crippen molar-refractivity contribution in [1.82, 2.24) is 9.80 Å². The summed E-state index contributed by atoms with van der Waals surface area (Å²) in [6, 6.07) is 15.0. The summed E-state index contributed by atoms with van der Waals surface area (Å²) in [5.41, 5.74) is 0.977. The van der Waals surface area contributed by atoms with Crippen LogP contribution in [0.5, 0.6) is 28.7 Å². The van der Waals surface area contributed by atoms with Crippen LogP contribution < -0.4 is 19.6 Å². The number of rotatable bonds is 6. The summed E-state index contributed by atoms with van der Waals surface area (Å²) in [6.45, 7) is 3.34. The highest BCUT2D eigenvalue weighted by Gasteiger charge is 2.32. The van der Waals surface area contributed by atoms with Gasteiger partial charge >= 0.3 is 0 Å². The Morgan fingerprint density at radius 3 is 2.45 bits per heavy atom. The third kappa shape index (κ3) is 5.09. The van der Waals surface area contributed by atoms with Gasteiger partial charge in [0.15, 0.2) is 16.9 Å². The zero-order chi connectivity index (χ0) is 29.4. The van der Waals surface area contributed by atoms with Crippen molar-refractivity contribution in [3.63, 3.8) is 0 Å². The first kappa shape index (κ1) is 27.5. The number of amides is 1. The van der Waals surface area contributed by atoms with Crippen LogP contribution in [-0.2, 0) is 4.79 Å². The van der Waals surface area contributed by atoms with Crippen molar-refractivity contribution in [2.24, 2.45) is 0 Å². The van der Waals surface area contributed by atoms with Gasteiger partial charge in [-0.2, -0.15) is 0 Å². The number of hydrogen-bond acceptors (Lipinski definition) is 9. The van der Waals surface area contributed by atoms with Crippen molar-refractivity contribution >= 4 is 16.9 Å². The molecule has 1 aromatic heterocycles. The topological polar surface area (TPSA) is 122 Å². The molecule has 1 saturated heterocycles. The van der Waals surface area contributed by atoms with Gasteiger partial charge in [0, 0.05) is 61.8 Å². The maximum atomic E-state index is 13.8. The summed E-state index contributed by atoms with van der Waals surface area (Å²) in [7, 11) is 3.53. The van der Waals surface area contributed by atoms with E-state index in [0.717, 1.165) is 19.2 Å². The molecular weight excluding hydrogens is 540 g/mol. The summed E-state index contributed by atoms with van der Waals surface area (Å²) in [4.78, 5) is 31.1. The quantitative estimate of drug-likeness (QED) is 0.354. The molecule has 0 saturated carbocycles. The molecule has 0 radical (unpaired) electrons. The van der Waals surface area contributed by atoms with E-state index in [4.69, 9.17) is 18.6 Å². The highest BCUT2D eigenvalue weighted by Crippen LogP contribution is 2.47. The van der Waals surface area contributed by atoms with Crippen LogP contribution in [0.25, 0.3) is 22.3 Å². The van der Waals surface area contributed by atoms with Crippen LogP contribution in [0, 0.1) is 0 Å². The van der Waals surface area contributed by atoms with Crippen molar-refractivity contribution in [2.45, 2.75) is 12.3 Å². The van der Waals surface area contributed by atoms with E-state index in [1.165, 1.54) is 13.2 Å². The molecule has 2 aliphatic rings. The van der Waals surface area contributed by atoms with Crippen LogP contribution in [0.15, 0.2) is 63.8 Å². The van der Waals surface area contributed by atoms with E-state index < -0.39 is 17.1 Å². The molecule has 3 aromatic carbocycles. The minimum Gasteiger partial charge on any atom is -0.507 e. The van der Waals surface area contributed by atoms with Crippen molar-refractivity contribution in [3.8, 4) is 40.1 Å². The van der Waals surface area contributed by atoms with Crippen LogP contribution in [0.2, 0.25) is 0 Å². The SMILES string of the molecule is COc1cc([C@H](CC(=O)N2CCN(C)CC2)c2c(O)cc(O)c3c(=O)cc(-c4ccccc4)oc23)cc2c1OCCO2. The maximum Gasteiger partial charge on any atom is 0.223 e. The lowest BCUT2D eigenvalue weighted by molar-refractivity contribution is -0.133. The molecule has 3 heterocycles. The number of methoxy groups -OCH3 is 1. The molecule has 2 aliphatic heterocycles. The van der Waals surface area contributed by atoms with Crippen LogP contribution in [-0.4, -0.2) is 79.5 Å². The van der Waals surface area contributed by atoms with Crippen LogP contribution in [0.1, 0.15) is 23.5 Å². The van der Waals surface area contributed by atoms with Crippen LogP contribution in [0.3, 0.4) is 0 Å². The summed E-state index contributed by atoms with van der Waals surface area (Å²) < 4.78 is 23.6. The standard InChI is InChI=1S/C32H32N2O8/c1-33-8-10-34(11-9-33)28(38)16-21(20-14-26(39-2)31-27(15-20)40-12-13-41-31)29-22(35)17-23(36)30-24(37)18-25(42-32(29)30)19-6-4-3-5-7-19/h3-7,14-15,17-18,21,35-36H,8-13,16H2,1-2H3/t21-/m0/s1. The average molecular weight is 573 g/mol. The second-order valence-corrected chi connectivity index (χ2v) is 10.6. The van der Waals surface area contributed by atoms with Gasteiger partial charge in [0.2, 0.25) is 11.7 Å². The summed E-state index contributed by atoms with van der Waals surface area (Å²) in [5, 5.41) is 22.0. The second-order valence-electron chi connectivity index (χ2n) is 10.6. The molecule has 1 amide bonds. The van der Waals surface area contributed by atoms with Crippen LogP contribution in [0.4, 0.5) is 0 Å². The molecule has 10 nitrogen and oxygen atoms in total. The number of carbonyl (C=O) groups is 1. The summed E-state index contributed by atoms with van der Waals surface area (Å²) in [6.07, 6.45) is -0.0424. The fraction of sp³-hybridized carbons (Fsp3) is 0.312. The van der Waals surface area contributed by atoms with Gasteiger partial charge in [0.1, 0.15) is 41.4 Å². The zero-order valence-electron chi connectivity index (χ0n) is 23.5. The molecule has 1 atom stereocenters. The summed E-state index contributed by atoms with van der Waals surface area (Å²) >= 11 is 0. The van der Waals surface area contributed by atoms with E-state index >= 15 is 0 Å². The third-order valence-corrected chi connectivity index (χ3v) is 7.89. The van der Waals surface area contributed by atoms with Crippen LogP contribution >= 0.6 is 0 Å². The van der Waals surface area contributed by atoms with Gasteiger partial charge in [-0.25, -0.2) is 0 Å². The molecule has 218 valence electrons. The Hall–Kier alpha value is -4.70. The van der Waals surface area contributed by atoms with Gasteiger partial charge in [-0.3, -0.25) is 9.59 Å². The van der Waals surface area contributed by atoms with Crippen molar-refractivity contribution < 1.29 is 33.6 Å². The van der Waals surface area contributed by atoms with E-state index in [0.29, 0.717) is 54.7 Å². The number of ether oxygens (including phenoxy) is 3. The zero-order valence-corrected chi connectivity index (χ0v) is 23.5. The normalized spacial score (nSPS) is 15.9. The molecule has 0 spiro atoms. The third-order valence-electron chi connectivity index (χ3n) is 7.89. The number of aromatic hydroxyl groups is 2. The lowest BCUT2D eigenvalue weighted by Gasteiger charge is -2.33. The molecule has 2 N–H and O–H groups in total.